The van der Waals surface area contributed by atoms with Gasteiger partial charge < -0.3 is 9.15 Å². The number of esters is 1. The number of nitrogens with zero attached hydrogens (tertiary/aromatic N) is 3. The lowest BCUT2D eigenvalue weighted by atomic mass is 10.2. The predicted molar refractivity (Wildman–Crippen MR) is 98.2 cm³/mol. The summed E-state index contributed by atoms with van der Waals surface area (Å²) in [5.41, 5.74) is 1.72. The maximum atomic E-state index is 11.9. The molecule has 0 saturated heterocycles. The summed E-state index contributed by atoms with van der Waals surface area (Å²) in [7, 11) is 0. The van der Waals surface area contributed by atoms with Gasteiger partial charge in [-0.1, -0.05) is 30.3 Å². The zero-order valence-corrected chi connectivity index (χ0v) is 14.3. The van der Waals surface area contributed by atoms with E-state index in [1.807, 2.05) is 54.6 Å². The minimum atomic E-state index is -0.497. The van der Waals surface area contributed by atoms with Crippen LogP contribution in [0.1, 0.15) is 10.9 Å². The van der Waals surface area contributed by atoms with Gasteiger partial charge in [-0.3, -0.25) is 0 Å². The number of ether oxygens (including phenoxy) is 1. The number of carbonyl (C=O) groups excluding carboxylic acids is 1. The minimum Gasteiger partial charge on any atom is -0.452 e. The van der Waals surface area contributed by atoms with Gasteiger partial charge in [0.1, 0.15) is 5.01 Å². The third-order valence-electron chi connectivity index (χ3n) is 3.50. The van der Waals surface area contributed by atoms with Crippen molar-refractivity contribution in [2.75, 3.05) is 0 Å². The molecule has 0 atom stereocenters. The normalized spacial score (nSPS) is 11.2. The first-order valence-electron chi connectivity index (χ1n) is 7.86. The zero-order valence-electron chi connectivity index (χ0n) is 13.5. The average Bonchev–Trinajstić information content (AvgIpc) is 3.32. The Balaban J connectivity index is 1.36. The highest BCUT2D eigenvalue weighted by atomic mass is 32.1. The molecule has 2 aromatic heterocycles. The van der Waals surface area contributed by atoms with Crippen molar-refractivity contribution < 1.29 is 13.9 Å². The molecule has 4 aromatic rings. The molecule has 4 rings (SSSR count). The number of rotatable bonds is 5. The van der Waals surface area contributed by atoms with Crippen LogP contribution in [0.15, 0.2) is 65.1 Å². The molecule has 0 radical (unpaired) electrons. The first kappa shape index (κ1) is 16.2. The molecule has 0 unspecified atom stereocenters. The molecule has 0 aliphatic rings. The highest BCUT2D eigenvalue weighted by molar-refractivity contribution is 7.19. The molecule has 26 heavy (non-hydrogen) atoms. The molecule has 0 N–H and O–H groups in total. The Kier molecular flexibility index (Phi) is 4.53. The molecule has 6 nitrogen and oxygen atoms in total. The topological polar surface area (TPSA) is 78.1 Å². The fourth-order valence-electron chi connectivity index (χ4n) is 2.29. The van der Waals surface area contributed by atoms with E-state index in [9.17, 15) is 4.79 Å². The molecular formula is C19H13N3O3S. The van der Waals surface area contributed by atoms with Crippen LogP contribution in [0.2, 0.25) is 0 Å². The smallest absolute Gasteiger partial charge is 0.331 e. The van der Waals surface area contributed by atoms with Crippen LogP contribution < -0.4 is 0 Å². The van der Waals surface area contributed by atoms with Crippen molar-refractivity contribution in [2.24, 2.45) is 0 Å². The Morgan fingerprint density at radius 2 is 1.88 bits per heavy atom. The highest BCUT2D eigenvalue weighted by Crippen LogP contribution is 2.22. The van der Waals surface area contributed by atoms with Gasteiger partial charge in [0.15, 0.2) is 6.61 Å². The second-order valence-electron chi connectivity index (χ2n) is 5.33. The van der Waals surface area contributed by atoms with Crippen molar-refractivity contribution >= 4 is 33.6 Å². The van der Waals surface area contributed by atoms with Crippen LogP contribution in [0.25, 0.3) is 27.7 Å². The molecule has 128 valence electrons. The van der Waals surface area contributed by atoms with Gasteiger partial charge in [0, 0.05) is 11.6 Å². The van der Waals surface area contributed by atoms with E-state index in [-0.39, 0.29) is 12.5 Å². The summed E-state index contributed by atoms with van der Waals surface area (Å²) in [4.78, 5) is 16.3. The molecule has 0 aliphatic heterocycles. The maximum absolute atomic E-state index is 11.9. The lowest BCUT2D eigenvalue weighted by Crippen LogP contribution is -2.00. The van der Waals surface area contributed by atoms with Gasteiger partial charge in [-0.15, -0.1) is 21.5 Å². The second kappa shape index (κ2) is 7.28. The molecule has 0 spiro atoms. The molecule has 2 aromatic carbocycles. The van der Waals surface area contributed by atoms with Crippen LogP contribution in [0.5, 0.6) is 0 Å². The van der Waals surface area contributed by atoms with Gasteiger partial charge in [-0.25, -0.2) is 9.78 Å². The van der Waals surface area contributed by atoms with Crippen molar-refractivity contribution in [3.8, 4) is 11.5 Å². The number of fused-ring (bicyclic) bond motifs is 1. The van der Waals surface area contributed by atoms with E-state index >= 15 is 0 Å². The third-order valence-corrected chi connectivity index (χ3v) is 4.50. The summed E-state index contributed by atoms with van der Waals surface area (Å²) in [5, 5.41) is 8.57. The minimum absolute atomic E-state index is 0.0805. The number of para-hydroxylation sites is 1. The number of carbonyl (C=O) groups is 1. The largest absolute Gasteiger partial charge is 0.452 e. The number of benzene rings is 2. The Morgan fingerprint density at radius 3 is 2.73 bits per heavy atom. The van der Waals surface area contributed by atoms with E-state index in [1.54, 1.807) is 6.08 Å². The Labute approximate surface area is 152 Å². The summed E-state index contributed by atoms with van der Waals surface area (Å²) in [6.45, 7) is -0.0805. The molecular weight excluding hydrogens is 350 g/mol. The van der Waals surface area contributed by atoms with Crippen LogP contribution in [0.3, 0.4) is 0 Å². The fraction of sp³-hybridized carbons (Fsp3) is 0.0526. The van der Waals surface area contributed by atoms with E-state index in [4.69, 9.17) is 9.15 Å². The lowest BCUT2D eigenvalue weighted by Gasteiger charge is -1.96. The molecule has 0 fully saturated rings. The van der Waals surface area contributed by atoms with Crippen molar-refractivity contribution in [1.82, 2.24) is 15.2 Å². The number of hydrogen-bond donors (Lipinski definition) is 0. The molecule has 7 heteroatoms. The van der Waals surface area contributed by atoms with Gasteiger partial charge in [0.2, 0.25) is 5.89 Å². The quantitative estimate of drug-likeness (QED) is 0.392. The van der Waals surface area contributed by atoms with E-state index in [0.717, 1.165) is 20.8 Å². The predicted octanol–water partition coefficient (Wildman–Crippen LogP) is 4.10. The Morgan fingerprint density at radius 1 is 1.08 bits per heavy atom. The summed E-state index contributed by atoms with van der Waals surface area (Å²) < 4.78 is 11.7. The standard InChI is InChI=1S/C19H13N3O3S/c23-18(11-10-17-20-14-8-4-5-9-15(14)26-17)24-12-16-21-22-19(25-16)13-6-2-1-3-7-13/h1-11H,12H2. The van der Waals surface area contributed by atoms with Crippen LogP contribution >= 0.6 is 11.3 Å². The van der Waals surface area contributed by atoms with Crippen molar-refractivity contribution in [1.29, 1.82) is 0 Å². The number of hydrogen-bond acceptors (Lipinski definition) is 7. The van der Waals surface area contributed by atoms with Crippen LogP contribution in [-0.2, 0) is 16.1 Å². The first-order valence-corrected chi connectivity index (χ1v) is 8.68. The van der Waals surface area contributed by atoms with Crippen molar-refractivity contribution in [3.63, 3.8) is 0 Å². The third kappa shape index (κ3) is 3.68. The lowest BCUT2D eigenvalue weighted by molar-refractivity contribution is -0.139. The second-order valence-corrected chi connectivity index (χ2v) is 6.39. The summed E-state index contributed by atoms with van der Waals surface area (Å²) in [6.07, 6.45) is 2.97. The Bertz CT molecular complexity index is 1040. The summed E-state index contributed by atoms with van der Waals surface area (Å²) in [5.74, 6) is 0.135. The van der Waals surface area contributed by atoms with Gasteiger partial charge in [-0.05, 0) is 30.3 Å². The van der Waals surface area contributed by atoms with E-state index < -0.39 is 5.97 Å². The fourth-order valence-corrected chi connectivity index (χ4v) is 3.16. The molecule has 0 saturated carbocycles. The summed E-state index contributed by atoms with van der Waals surface area (Å²) >= 11 is 1.51. The molecule has 0 bridgehead atoms. The van der Waals surface area contributed by atoms with Crippen LogP contribution in [0.4, 0.5) is 0 Å². The number of thiazole rings is 1. The molecule has 0 amide bonds. The highest BCUT2D eigenvalue weighted by Gasteiger charge is 2.09. The zero-order chi connectivity index (χ0) is 17.8. The van der Waals surface area contributed by atoms with E-state index in [2.05, 4.69) is 15.2 Å². The number of aromatic nitrogens is 3. The molecule has 0 aliphatic carbocycles. The van der Waals surface area contributed by atoms with Gasteiger partial charge in [0.25, 0.3) is 5.89 Å². The first-order chi connectivity index (χ1) is 12.8. The average molecular weight is 363 g/mol. The SMILES string of the molecule is O=C(C=Cc1nc2ccccc2s1)OCc1nnc(-c2ccccc2)o1. The van der Waals surface area contributed by atoms with Crippen molar-refractivity contribution in [2.45, 2.75) is 6.61 Å². The van der Waals surface area contributed by atoms with Gasteiger partial charge >= 0.3 is 5.97 Å². The van der Waals surface area contributed by atoms with E-state index in [1.165, 1.54) is 17.4 Å². The van der Waals surface area contributed by atoms with E-state index in [0.29, 0.717) is 5.89 Å². The van der Waals surface area contributed by atoms with Gasteiger partial charge in [-0.2, -0.15) is 0 Å². The van der Waals surface area contributed by atoms with Crippen molar-refractivity contribution in [3.05, 3.63) is 71.6 Å². The van der Waals surface area contributed by atoms with Crippen LogP contribution in [0, 0.1) is 0 Å². The van der Waals surface area contributed by atoms with Gasteiger partial charge in [0.05, 0.1) is 10.2 Å². The monoisotopic (exact) mass is 363 g/mol. The maximum Gasteiger partial charge on any atom is 0.331 e. The van der Waals surface area contributed by atoms with Crippen LogP contribution in [-0.4, -0.2) is 21.2 Å². The molecule has 2 heterocycles. The Hall–Kier alpha value is -3.32. The summed E-state index contributed by atoms with van der Waals surface area (Å²) in [6, 6.07) is 17.2.